The average Bonchev–Trinajstić information content (AvgIpc) is 2.58. The number of carbonyl (C=O) groups is 2. The van der Waals surface area contributed by atoms with Crippen LogP contribution in [0.1, 0.15) is 18.4 Å². The first kappa shape index (κ1) is 19.7. The Morgan fingerprint density at radius 2 is 1.58 bits per heavy atom. The maximum absolute atomic E-state index is 11.9. The van der Waals surface area contributed by atoms with Crippen molar-refractivity contribution in [1.29, 1.82) is 0 Å². The van der Waals surface area contributed by atoms with Crippen LogP contribution in [0, 0.1) is 5.92 Å². The molecule has 3 N–H and O–H groups in total. The van der Waals surface area contributed by atoms with Gasteiger partial charge in [0, 0.05) is 0 Å². The van der Waals surface area contributed by atoms with Gasteiger partial charge in [0.05, 0.1) is 6.26 Å². The second-order valence-corrected chi connectivity index (χ2v) is 7.90. The van der Waals surface area contributed by atoms with Crippen LogP contribution in [0.2, 0.25) is 0 Å². The van der Waals surface area contributed by atoms with Crippen molar-refractivity contribution in [3.63, 3.8) is 0 Å². The van der Waals surface area contributed by atoms with Crippen molar-refractivity contribution in [2.75, 3.05) is 6.26 Å². The van der Waals surface area contributed by atoms with Crippen LogP contribution in [-0.2, 0) is 26.0 Å². The second kappa shape index (κ2) is 8.62. The zero-order valence-corrected chi connectivity index (χ0v) is 15.3. The zero-order chi connectivity index (χ0) is 19.2. The molecule has 2 aromatic carbocycles. The normalized spacial score (nSPS) is 12.3. The molecule has 0 fully saturated rings. The van der Waals surface area contributed by atoms with Crippen molar-refractivity contribution in [3.8, 4) is 11.1 Å². The summed E-state index contributed by atoms with van der Waals surface area (Å²) in [6.45, 7) is 0. The molecular formula is C19H22N2O4S. The maximum Gasteiger partial charge on any atom is 0.245 e. The molecule has 2 rings (SSSR count). The summed E-state index contributed by atoms with van der Waals surface area (Å²) in [6, 6.07) is 18.0. The number of rotatable bonds is 8. The van der Waals surface area contributed by atoms with Crippen molar-refractivity contribution in [2.45, 2.75) is 19.3 Å². The van der Waals surface area contributed by atoms with Gasteiger partial charge in [0.15, 0.2) is 0 Å². The number of aryl methyl sites for hydroxylation is 1. The molecule has 138 valence electrons. The summed E-state index contributed by atoms with van der Waals surface area (Å²) >= 11 is 0. The molecule has 0 aromatic heterocycles. The second-order valence-electron chi connectivity index (χ2n) is 6.15. The van der Waals surface area contributed by atoms with Gasteiger partial charge in [0.2, 0.25) is 21.8 Å². The lowest BCUT2D eigenvalue weighted by Crippen LogP contribution is -2.41. The lowest BCUT2D eigenvalue weighted by Gasteiger charge is -2.12. The largest absolute Gasteiger partial charge is 0.369 e. The quantitative estimate of drug-likeness (QED) is 0.688. The molecule has 0 unspecified atom stereocenters. The molecule has 0 radical (unpaired) electrons. The van der Waals surface area contributed by atoms with E-state index >= 15 is 0 Å². The number of hydrogen-bond donors (Lipinski definition) is 2. The summed E-state index contributed by atoms with van der Waals surface area (Å²) in [5.41, 5.74) is 8.53. The fourth-order valence-corrected chi connectivity index (χ4v) is 3.17. The van der Waals surface area contributed by atoms with Crippen LogP contribution in [0.15, 0.2) is 54.6 Å². The lowest BCUT2D eigenvalue weighted by molar-refractivity contribution is -0.132. The number of amides is 2. The predicted molar refractivity (Wildman–Crippen MR) is 100 cm³/mol. The van der Waals surface area contributed by atoms with E-state index in [1.165, 1.54) is 0 Å². The van der Waals surface area contributed by atoms with Gasteiger partial charge < -0.3 is 5.73 Å². The molecule has 0 aliphatic heterocycles. The molecular weight excluding hydrogens is 352 g/mol. The first-order valence-electron chi connectivity index (χ1n) is 8.21. The Labute approximate surface area is 153 Å². The van der Waals surface area contributed by atoms with Gasteiger partial charge in [-0.25, -0.2) is 8.42 Å². The monoisotopic (exact) mass is 374 g/mol. The fraction of sp³-hybridized carbons (Fsp3) is 0.263. The highest BCUT2D eigenvalue weighted by Gasteiger charge is 2.26. The van der Waals surface area contributed by atoms with E-state index in [-0.39, 0.29) is 6.42 Å². The Kier molecular flexibility index (Phi) is 6.52. The first-order valence-corrected chi connectivity index (χ1v) is 10.1. The smallest absolute Gasteiger partial charge is 0.245 e. The highest BCUT2D eigenvalue weighted by Crippen LogP contribution is 2.20. The Balaban J connectivity index is 1.93. The van der Waals surface area contributed by atoms with E-state index in [2.05, 4.69) is 0 Å². The molecule has 0 spiro atoms. The maximum atomic E-state index is 11.9. The van der Waals surface area contributed by atoms with Gasteiger partial charge in [0.1, 0.15) is 5.92 Å². The third-order valence-electron chi connectivity index (χ3n) is 3.97. The van der Waals surface area contributed by atoms with Crippen molar-refractivity contribution < 1.29 is 18.0 Å². The van der Waals surface area contributed by atoms with Crippen molar-refractivity contribution in [2.24, 2.45) is 11.7 Å². The average molecular weight is 374 g/mol. The molecule has 2 aromatic rings. The molecule has 0 saturated carbocycles. The SMILES string of the molecule is CS(=O)(=O)NC(=O)[C@H](CCCc1ccc(-c2ccccc2)cc1)C(N)=O. The number of nitrogens with one attached hydrogen (secondary N) is 1. The third-order valence-corrected chi connectivity index (χ3v) is 4.54. The highest BCUT2D eigenvalue weighted by atomic mass is 32.2. The van der Waals surface area contributed by atoms with Crippen LogP contribution < -0.4 is 10.5 Å². The van der Waals surface area contributed by atoms with Crippen LogP contribution >= 0.6 is 0 Å². The molecule has 0 saturated heterocycles. The van der Waals surface area contributed by atoms with Crippen molar-refractivity contribution in [3.05, 3.63) is 60.2 Å². The standard InChI is InChI=1S/C19H22N2O4S/c1-26(24,25)21-19(23)17(18(20)22)9-5-6-14-10-12-16(13-11-14)15-7-3-2-4-8-15/h2-4,7-8,10-13,17H,5-6,9H2,1H3,(H2,20,22)(H,21,23)/t17-/m1/s1. The molecule has 7 heteroatoms. The summed E-state index contributed by atoms with van der Waals surface area (Å²) in [7, 11) is -3.72. The predicted octanol–water partition coefficient (Wildman–Crippen LogP) is 1.85. The number of benzene rings is 2. The Morgan fingerprint density at radius 1 is 1.00 bits per heavy atom. The topological polar surface area (TPSA) is 106 Å². The molecule has 0 bridgehead atoms. The van der Waals surface area contributed by atoms with E-state index in [0.717, 1.165) is 22.9 Å². The minimum absolute atomic E-state index is 0.192. The van der Waals surface area contributed by atoms with Gasteiger partial charge in [-0.1, -0.05) is 54.6 Å². The molecule has 6 nitrogen and oxygen atoms in total. The first-order chi connectivity index (χ1) is 12.3. The highest BCUT2D eigenvalue weighted by molar-refractivity contribution is 7.89. The molecule has 26 heavy (non-hydrogen) atoms. The number of nitrogens with two attached hydrogens (primary N) is 1. The van der Waals surface area contributed by atoms with E-state index < -0.39 is 27.8 Å². The third kappa shape index (κ3) is 6.00. The van der Waals surface area contributed by atoms with E-state index in [1.807, 2.05) is 59.3 Å². The van der Waals surface area contributed by atoms with Gasteiger partial charge in [-0.2, -0.15) is 0 Å². The van der Waals surface area contributed by atoms with Crippen molar-refractivity contribution in [1.82, 2.24) is 4.72 Å². The summed E-state index contributed by atoms with van der Waals surface area (Å²) in [5.74, 6) is -2.86. The van der Waals surface area contributed by atoms with Crippen LogP contribution in [0.25, 0.3) is 11.1 Å². The number of primary amides is 1. The van der Waals surface area contributed by atoms with E-state index in [0.29, 0.717) is 12.8 Å². The number of carbonyl (C=O) groups excluding carboxylic acids is 2. The van der Waals surface area contributed by atoms with Crippen LogP contribution in [0.3, 0.4) is 0 Å². The minimum Gasteiger partial charge on any atom is -0.369 e. The minimum atomic E-state index is -3.72. The molecule has 0 heterocycles. The zero-order valence-electron chi connectivity index (χ0n) is 14.5. The molecule has 1 atom stereocenters. The Hall–Kier alpha value is -2.67. The van der Waals surface area contributed by atoms with Gasteiger partial charge in [-0.15, -0.1) is 0 Å². The van der Waals surface area contributed by atoms with Gasteiger partial charge in [-0.05, 0) is 36.0 Å². The van der Waals surface area contributed by atoms with Gasteiger partial charge in [-0.3, -0.25) is 14.3 Å². The van der Waals surface area contributed by atoms with E-state index in [4.69, 9.17) is 5.73 Å². The molecule has 2 amide bonds. The summed E-state index contributed by atoms with van der Waals surface area (Å²) in [6.07, 6.45) is 2.24. The summed E-state index contributed by atoms with van der Waals surface area (Å²) in [5, 5.41) is 0. The van der Waals surface area contributed by atoms with E-state index in [9.17, 15) is 18.0 Å². The summed E-state index contributed by atoms with van der Waals surface area (Å²) < 4.78 is 24.1. The molecule has 0 aliphatic rings. The Morgan fingerprint density at radius 3 is 2.12 bits per heavy atom. The van der Waals surface area contributed by atoms with Crippen LogP contribution in [-0.4, -0.2) is 26.5 Å². The fourth-order valence-electron chi connectivity index (χ4n) is 2.66. The van der Waals surface area contributed by atoms with Crippen LogP contribution in [0.5, 0.6) is 0 Å². The summed E-state index contributed by atoms with van der Waals surface area (Å²) in [4.78, 5) is 23.3. The lowest BCUT2D eigenvalue weighted by atomic mass is 9.97. The Bertz CT molecular complexity index is 862. The van der Waals surface area contributed by atoms with Crippen molar-refractivity contribution >= 4 is 21.8 Å². The van der Waals surface area contributed by atoms with E-state index in [1.54, 1.807) is 0 Å². The van der Waals surface area contributed by atoms with Gasteiger partial charge >= 0.3 is 0 Å². The number of sulfonamides is 1. The molecule has 0 aliphatic carbocycles. The van der Waals surface area contributed by atoms with Gasteiger partial charge in [0.25, 0.3) is 0 Å². The van der Waals surface area contributed by atoms with Crippen LogP contribution in [0.4, 0.5) is 0 Å². The number of hydrogen-bond acceptors (Lipinski definition) is 4.